The number of ether oxygens (including phenoxy) is 3. The minimum absolute atomic E-state index is 0.110. The van der Waals surface area contributed by atoms with Crippen LogP contribution in [-0.4, -0.2) is 27.7 Å². The Bertz CT molecular complexity index is 1100. The Morgan fingerprint density at radius 2 is 1.73 bits per heavy atom. The smallest absolute Gasteiger partial charge is 0.254 e. The number of aromatic nitrogens is 3. The zero-order valence-electron chi connectivity index (χ0n) is 19.5. The number of rotatable bonds is 6. The zero-order valence-corrected chi connectivity index (χ0v) is 19.5. The summed E-state index contributed by atoms with van der Waals surface area (Å²) in [5.74, 6) is 1.09. The van der Waals surface area contributed by atoms with E-state index in [0.29, 0.717) is 23.5 Å². The molecule has 1 saturated carbocycles. The molecule has 7 nitrogen and oxygen atoms in total. The first kappa shape index (κ1) is 23.1. The molecule has 174 valence electrons. The van der Waals surface area contributed by atoms with E-state index in [2.05, 4.69) is 9.97 Å². The first-order valence-electron chi connectivity index (χ1n) is 11.5. The van der Waals surface area contributed by atoms with Crippen LogP contribution in [0.4, 0.5) is 0 Å². The van der Waals surface area contributed by atoms with E-state index in [1.165, 1.54) is 18.9 Å². The van der Waals surface area contributed by atoms with Gasteiger partial charge in [0.1, 0.15) is 12.4 Å². The van der Waals surface area contributed by atoms with Gasteiger partial charge in [0.2, 0.25) is 0 Å². The van der Waals surface area contributed by atoms with Crippen molar-refractivity contribution in [3.05, 3.63) is 87.9 Å². The van der Waals surface area contributed by atoms with Crippen LogP contribution in [0.3, 0.4) is 0 Å². The molecular formula is C26H31N3O4. The predicted molar refractivity (Wildman–Crippen MR) is 125 cm³/mol. The molecule has 0 unspecified atom stereocenters. The maximum atomic E-state index is 12.7. The maximum absolute atomic E-state index is 12.7. The van der Waals surface area contributed by atoms with Crippen molar-refractivity contribution in [1.29, 1.82) is 0 Å². The molecule has 7 heteroatoms. The van der Waals surface area contributed by atoms with Crippen LogP contribution in [-0.2, 0) is 22.6 Å². The van der Waals surface area contributed by atoms with E-state index >= 15 is 0 Å². The summed E-state index contributed by atoms with van der Waals surface area (Å²) in [7, 11) is 0. The van der Waals surface area contributed by atoms with Gasteiger partial charge in [0.15, 0.2) is 12.1 Å². The second-order valence-electron chi connectivity index (χ2n) is 8.41. The fraction of sp³-hybridized carbons (Fsp3) is 0.423. The number of aryl methyl sites for hydroxylation is 1. The van der Waals surface area contributed by atoms with Crippen LogP contribution in [0.5, 0.6) is 5.75 Å². The van der Waals surface area contributed by atoms with E-state index in [4.69, 9.17) is 14.2 Å². The van der Waals surface area contributed by atoms with Crippen molar-refractivity contribution in [1.82, 2.24) is 14.5 Å². The summed E-state index contributed by atoms with van der Waals surface area (Å²) in [4.78, 5) is 20.9. The Labute approximate surface area is 194 Å². The molecule has 0 radical (unpaired) electrons. The standard InChI is InChI=1S/C24H25N3O4.C2H6/c1-17-11-20(29-14-21-25-9-2-10-26-21)12-22(28)27(17)13-18-3-5-19(6-4-18)23-30-15-24(7-8-24)16-31-23;1-2/h2-6,9-12,23H,7-8,13-16H2,1H3;1-2H3. The third-order valence-corrected chi connectivity index (χ3v) is 5.93. The van der Waals surface area contributed by atoms with Crippen LogP contribution in [0.15, 0.2) is 59.7 Å². The third kappa shape index (κ3) is 5.67. The van der Waals surface area contributed by atoms with Gasteiger partial charge in [-0.05, 0) is 37.5 Å². The van der Waals surface area contributed by atoms with E-state index in [-0.39, 0.29) is 18.5 Å². The molecule has 0 N–H and O–H groups in total. The van der Waals surface area contributed by atoms with Crippen LogP contribution in [0.1, 0.15) is 55.6 Å². The lowest BCUT2D eigenvalue weighted by atomic mass is 10.1. The summed E-state index contributed by atoms with van der Waals surface area (Å²) < 4.78 is 19.2. The second kappa shape index (κ2) is 10.3. The van der Waals surface area contributed by atoms with Crippen LogP contribution in [0.2, 0.25) is 0 Å². The zero-order chi connectivity index (χ0) is 23.3. The highest BCUT2D eigenvalue weighted by Gasteiger charge is 2.47. The van der Waals surface area contributed by atoms with Crippen molar-refractivity contribution in [3.8, 4) is 5.75 Å². The van der Waals surface area contributed by atoms with Gasteiger partial charge in [-0.1, -0.05) is 38.1 Å². The van der Waals surface area contributed by atoms with Gasteiger partial charge < -0.3 is 18.8 Å². The fourth-order valence-electron chi connectivity index (χ4n) is 3.75. The SMILES string of the molecule is CC.Cc1cc(OCc2ncccn2)cc(=O)n1Cc1ccc(C2OCC3(CC3)CO2)cc1. The first-order valence-corrected chi connectivity index (χ1v) is 11.5. The van der Waals surface area contributed by atoms with Gasteiger partial charge in [-0.25, -0.2) is 9.97 Å². The molecule has 2 aliphatic rings. The highest BCUT2D eigenvalue weighted by atomic mass is 16.7. The predicted octanol–water partition coefficient (Wildman–Crippen LogP) is 4.43. The molecule has 1 spiro atoms. The molecule has 3 heterocycles. The number of pyridine rings is 1. The number of hydrogen-bond donors (Lipinski definition) is 0. The molecule has 0 atom stereocenters. The van der Waals surface area contributed by atoms with Gasteiger partial charge in [-0.2, -0.15) is 0 Å². The molecule has 2 fully saturated rings. The third-order valence-electron chi connectivity index (χ3n) is 5.93. The monoisotopic (exact) mass is 449 g/mol. The summed E-state index contributed by atoms with van der Waals surface area (Å²) in [5, 5.41) is 0. The average Bonchev–Trinajstić information content (AvgIpc) is 3.61. The average molecular weight is 450 g/mol. The highest BCUT2D eigenvalue weighted by molar-refractivity contribution is 5.27. The van der Waals surface area contributed by atoms with E-state index in [9.17, 15) is 4.79 Å². The van der Waals surface area contributed by atoms with Gasteiger partial charge >= 0.3 is 0 Å². The lowest BCUT2D eigenvalue weighted by Crippen LogP contribution is -2.28. The number of hydrogen-bond acceptors (Lipinski definition) is 6. The minimum atomic E-state index is -0.297. The van der Waals surface area contributed by atoms with Crippen molar-refractivity contribution in [3.63, 3.8) is 0 Å². The van der Waals surface area contributed by atoms with Crippen LogP contribution >= 0.6 is 0 Å². The van der Waals surface area contributed by atoms with E-state index in [1.807, 2.05) is 51.1 Å². The van der Waals surface area contributed by atoms with E-state index in [0.717, 1.165) is 30.0 Å². The van der Waals surface area contributed by atoms with Gasteiger partial charge in [0.05, 0.1) is 19.8 Å². The lowest BCUT2D eigenvalue weighted by Gasteiger charge is -2.29. The van der Waals surface area contributed by atoms with Gasteiger partial charge in [-0.15, -0.1) is 0 Å². The molecular weight excluding hydrogens is 418 g/mol. The molecule has 1 aromatic carbocycles. The largest absolute Gasteiger partial charge is 0.485 e. The molecule has 2 aromatic heterocycles. The fourth-order valence-corrected chi connectivity index (χ4v) is 3.75. The van der Waals surface area contributed by atoms with Crippen molar-refractivity contribution in [2.24, 2.45) is 5.41 Å². The number of nitrogens with zero attached hydrogens (tertiary/aromatic N) is 3. The Morgan fingerprint density at radius 1 is 1.06 bits per heavy atom. The van der Waals surface area contributed by atoms with Crippen molar-refractivity contribution in [2.75, 3.05) is 13.2 Å². The van der Waals surface area contributed by atoms with E-state index < -0.39 is 0 Å². The summed E-state index contributed by atoms with van der Waals surface area (Å²) >= 11 is 0. The first-order chi connectivity index (χ1) is 16.1. The molecule has 1 aliphatic heterocycles. The quantitative estimate of drug-likeness (QED) is 0.554. The Morgan fingerprint density at radius 3 is 2.33 bits per heavy atom. The maximum Gasteiger partial charge on any atom is 0.254 e. The summed E-state index contributed by atoms with van der Waals surface area (Å²) in [6, 6.07) is 13.2. The molecule has 3 aromatic rings. The van der Waals surface area contributed by atoms with Crippen LogP contribution < -0.4 is 10.3 Å². The van der Waals surface area contributed by atoms with Crippen LogP contribution in [0, 0.1) is 12.3 Å². The van der Waals surface area contributed by atoms with Crippen molar-refractivity contribution in [2.45, 2.75) is 53.1 Å². The molecule has 0 bridgehead atoms. The van der Waals surface area contributed by atoms with Crippen molar-refractivity contribution >= 4 is 0 Å². The Kier molecular flexibility index (Phi) is 7.20. The molecule has 0 amide bonds. The van der Waals surface area contributed by atoms with Gasteiger partial charge in [-0.3, -0.25) is 4.79 Å². The molecule has 1 saturated heterocycles. The van der Waals surface area contributed by atoms with Crippen LogP contribution in [0.25, 0.3) is 0 Å². The Hall–Kier alpha value is -3.03. The molecule has 33 heavy (non-hydrogen) atoms. The Balaban J connectivity index is 0.00000126. The molecule has 5 rings (SSSR count). The van der Waals surface area contributed by atoms with Gasteiger partial charge in [0.25, 0.3) is 5.56 Å². The van der Waals surface area contributed by atoms with E-state index in [1.54, 1.807) is 23.0 Å². The number of benzene rings is 1. The molecule has 1 aliphatic carbocycles. The minimum Gasteiger partial charge on any atom is -0.485 e. The topological polar surface area (TPSA) is 75.5 Å². The summed E-state index contributed by atoms with van der Waals surface area (Å²) in [6.45, 7) is 8.16. The summed E-state index contributed by atoms with van der Waals surface area (Å²) in [5.41, 5.74) is 3.06. The summed E-state index contributed by atoms with van der Waals surface area (Å²) in [6.07, 6.45) is 5.44. The lowest BCUT2D eigenvalue weighted by molar-refractivity contribution is -0.212. The second-order valence-corrected chi connectivity index (χ2v) is 8.41. The highest BCUT2D eigenvalue weighted by Crippen LogP contribution is 2.50. The van der Waals surface area contributed by atoms with Crippen molar-refractivity contribution < 1.29 is 14.2 Å². The van der Waals surface area contributed by atoms with Gasteiger partial charge in [0, 0.05) is 35.1 Å². The normalized spacial score (nSPS) is 16.7.